The number of nitrogens with zero attached hydrogens (tertiary/aromatic N) is 7. The minimum atomic E-state index is -0.194. The third-order valence-corrected chi connectivity index (χ3v) is 7.18. The first-order valence-corrected chi connectivity index (χ1v) is 12.7. The highest BCUT2D eigenvalue weighted by atomic mass is 16.5. The lowest BCUT2D eigenvalue weighted by molar-refractivity contribution is 0.402. The number of hydrogen-bond donors (Lipinski definition) is 0. The quantitative estimate of drug-likeness (QED) is 0.287. The predicted octanol–water partition coefficient (Wildman–Crippen LogP) is 6.12. The van der Waals surface area contributed by atoms with E-state index >= 15 is 0 Å². The van der Waals surface area contributed by atoms with Crippen LogP contribution in [0.15, 0.2) is 103 Å². The van der Waals surface area contributed by atoms with Gasteiger partial charge in [0.05, 0.1) is 33.9 Å². The molecule has 0 N–H and O–H groups in total. The number of aromatic nitrogens is 7. The molecule has 0 saturated heterocycles. The van der Waals surface area contributed by atoms with Crippen molar-refractivity contribution >= 4 is 16.6 Å². The van der Waals surface area contributed by atoms with Crippen LogP contribution in [0.3, 0.4) is 0 Å². The molecule has 0 radical (unpaired) electrons. The van der Waals surface area contributed by atoms with Crippen molar-refractivity contribution in [2.24, 2.45) is 0 Å². The highest BCUT2D eigenvalue weighted by molar-refractivity contribution is 5.81. The van der Waals surface area contributed by atoms with E-state index in [1.54, 1.807) is 10.8 Å². The maximum Gasteiger partial charge on any atom is 0.230 e. The zero-order valence-corrected chi connectivity index (χ0v) is 20.9. The summed E-state index contributed by atoms with van der Waals surface area (Å²) in [7, 11) is 0. The van der Waals surface area contributed by atoms with Crippen LogP contribution < -0.4 is 4.74 Å². The van der Waals surface area contributed by atoms with Gasteiger partial charge >= 0.3 is 0 Å². The molecule has 1 unspecified atom stereocenters. The summed E-state index contributed by atoms with van der Waals surface area (Å²) >= 11 is 0. The first kappa shape index (κ1) is 21.7. The van der Waals surface area contributed by atoms with Gasteiger partial charge in [0.25, 0.3) is 0 Å². The van der Waals surface area contributed by atoms with Gasteiger partial charge in [0.2, 0.25) is 17.6 Å². The number of rotatable bonds is 3. The molecular weight excluding hydrogens is 486 g/mol. The van der Waals surface area contributed by atoms with Crippen molar-refractivity contribution in [3.63, 3.8) is 0 Å². The van der Waals surface area contributed by atoms with Crippen LogP contribution in [-0.2, 0) is 0 Å². The Labute approximate surface area is 223 Å². The van der Waals surface area contributed by atoms with Crippen molar-refractivity contribution in [3.05, 3.63) is 126 Å². The molecule has 0 amide bonds. The van der Waals surface area contributed by atoms with Crippen molar-refractivity contribution < 1.29 is 4.74 Å². The maximum absolute atomic E-state index is 6.51. The molecule has 8 nitrogen and oxygen atoms in total. The molecule has 0 bridgehead atoms. The average Bonchev–Trinajstić information content (AvgIpc) is 3.58. The molecule has 1 aliphatic heterocycles. The topological polar surface area (TPSA) is 83.0 Å². The Bertz CT molecular complexity index is 2010. The maximum atomic E-state index is 6.51. The van der Waals surface area contributed by atoms with Crippen molar-refractivity contribution in [2.75, 3.05) is 0 Å². The van der Waals surface area contributed by atoms with Gasteiger partial charge in [0, 0.05) is 5.39 Å². The fourth-order valence-electron chi connectivity index (χ4n) is 5.40. The molecule has 0 aliphatic carbocycles. The summed E-state index contributed by atoms with van der Waals surface area (Å²) in [6, 6.07) is 32.4. The van der Waals surface area contributed by atoms with Crippen LogP contribution in [-0.4, -0.2) is 34.3 Å². The normalized spacial score (nSPS) is 14.2. The summed E-state index contributed by atoms with van der Waals surface area (Å²) < 4.78 is 10.1. The smallest absolute Gasteiger partial charge is 0.230 e. The number of benzene rings is 3. The molecule has 7 aromatic rings. The van der Waals surface area contributed by atoms with Crippen LogP contribution in [0.1, 0.15) is 28.3 Å². The largest absolute Gasteiger partial charge is 0.420 e. The Morgan fingerprint density at radius 1 is 0.744 bits per heavy atom. The number of para-hydroxylation sites is 2. The van der Waals surface area contributed by atoms with Crippen LogP contribution in [0.2, 0.25) is 0 Å². The Balaban J connectivity index is 1.36. The molecule has 8 heteroatoms. The van der Waals surface area contributed by atoms with Gasteiger partial charge in [0.1, 0.15) is 12.0 Å². The van der Waals surface area contributed by atoms with Gasteiger partial charge in [-0.15, -0.1) is 5.10 Å². The molecule has 0 spiro atoms. The molecule has 3 aromatic carbocycles. The van der Waals surface area contributed by atoms with Gasteiger partial charge in [-0.3, -0.25) is 0 Å². The molecule has 1 atom stereocenters. The van der Waals surface area contributed by atoms with E-state index in [0.717, 1.165) is 39.0 Å². The van der Waals surface area contributed by atoms with E-state index in [1.165, 1.54) is 0 Å². The molecule has 0 fully saturated rings. The van der Waals surface area contributed by atoms with E-state index < -0.39 is 0 Å². The second kappa shape index (κ2) is 8.32. The zero-order valence-electron chi connectivity index (χ0n) is 20.9. The van der Waals surface area contributed by atoms with Crippen LogP contribution >= 0.6 is 0 Å². The minimum Gasteiger partial charge on any atom is -0.420 e. The first-order valence-electron chi connectivity index (χ1n) is 12.7. The van der Waals surface area contributed by atoms with Crippen LogP contribution in [0.25, 0.3) is 33.8 Å². The van der Waals surface area contributed by atoms with E-state index in [-0.39, 0.29) is 5.92 Å². The van der Waals surface area contributed by atoms with Gasteiger partial charge in [0.15, 0.2) is 5.65 Å². The number of pyridine rings is 1. The summed E-state index contributed by atoms with van der Waals surface area (Å²) in [6.45, 7) is 2.02. The summed E-state index contributed by atoms with van der Waals surface area (Å²) in [5.41, 5.74) is 7.02. The SMILES string of the molecule is Cc1nn(-c2ccccc2)c2c1C(c1ccccc1)c1c(ncn3nc(-c4ccc5ccccc5n4)nc13)O2. The fraction of sp³-hybridized carbons (Fsp3) is 0.0645. The molecule has 0 saturated carbocycles. The lowest BCUT2D eigenvalue weighted by Gasteiger charge is -2.26. The Morgan fingerprint density at radius 2 is 1.51 bits per heavy atom. The molecular formula is C31H21N7O. The van der Waals surface area contributed by atoms with Gasteiger partial charge in [-0.1, -0.05) is 72.8 Å². The monoisotopic (exact) mass is 507 g/mol. The van der Waals surface area contributed by atoms with Crippen molar-refractivity contribution in [3.8, 4) is 29.0 Å². The van der Waals surface area contributed by atoms with Crippen molar-refractivity contribution in [2.45, 2.75) is 12.8 Å². The second-order valence-corrected chi connectivity index (χ2v) is 9.55. The average molecular weight is 508 g/mol. The van der Waals surface area contributed by atoms with Crippen molar-refractivity contribution in [1.29, 1.82) is 0 Å². The second-order valence-electron chi connectivity index (χ2n) is 9.55. The van der Waals surface area contributed by atoms with Crippen LogP contribution in [0.5, 0.6) is 11.8 Å². The van der Waals surface area contributed by atoms with E-state index in [2.05, 4.69) is 12.1 Å². The van der Waals surface area contributed by atoms with Gasteiger partial charge in [-0.05, 0) is 36.8 Å². The van der Waals surface area contributed by atoms with E-state index in [4.69, 9.17) is 29.9 Å². The Hall–Kier alpha value is -5.37. The molecule has 5 heterocycles. The third-order valence-electron chi connectivity index (χ3n) is 7.18. The standard InChI is InChI=1S/C31H21N7O/c1-19-25-26(21-11-4-2-5-12-21)27-29-34-28(24-17-16-20-10-8-9-15-23(20)33-24)36-37(29)18-32-30(27)39-31(25)38(35-19)22-13-6-3-7-14-22/h2-18,26H,1H3. The summed E-state index contributed by atoms with van der Waals surface area (Å²) in [6.07, 6.45) is 1.65. The fourth-order valence-corrected chi connectivity index (χ4v) is 5.40. The number of aryl methyl sites for hydroxylation is 1. The molecule has 39 heavy (non-hydrogen) atoms. The Morgan fingerprint density at radius 3 is 2.36 bits per heavy atom. The Kier molecular flexibility index (Phi) is 4.63. The van der Waals surface area contributed by atoms with E-state index in [1.807, 2.05) is 96.5 Å². The van der Waals surface area contributed by atoms with Gasteiger partial charge in [-0.2, -0.15) is 5.10 Å². The summed E-state index contributed by atoms with van der Waals surface area (Å²) in [5.74, 6) is 1.49. The highest BCUT2D eigenvalue weighted by Gasteiger charge is 2.38. The number of ether oxygens (including phenoxy) is 1. The van der Waals surface area contributed by atoms with Gasteiger partial charge < -0.3 is 4.74 Å². The molecule has 8 rings (SSSR count). The highest BCUT2D eigenvalue weighted by Crippen LogP contribution is 2.49. The lowest BCUT2D eigenvalue weighted by atomic mass is 9.84. The van der Waals surface area contributed by atoms with Crippen LogP contribution in [0.4, 0.5) is 0 Å². The third kappa shape index (κ3) is 3.35. The van der Waals surface area contributed by atoms with E-state index in [0.29, 0.717) is 28.9 Å². The first-order chi connectivity index (χ1) is 19.2. The molecule has 186 valence electrons. The van der Waals surface area contributed by atoms with E-state index in [9.17, 15) is 0 Å². The van der Waals surface area contributed by atoms with Crippen molar-refractivity contribution in [1.82, 2.24) is 34.3 Å². The lowest BCUT2D eigenvalue weighted by Crippen LogP contribution is -2.16. The van der Waals surface area contributed by atoms with Gasteiger partial charge in [-0.25, -0.2) is 24.1 Å². The molecule has 4 aromatic heterocycles. The summed E-state index contributed by atoms with van der Waals surface area (Å²) in [5, 5.41) is 10.7. The minimum absolute atomic E-state index is 0.194. The number of hydrogen-bond acceptors (Lipinski definition) is 6. The zero-order chi connectivity index (χ0) is 25.9. The summed E-state index contributed by atoms with van der Waals surface area (Å²) in [4.78, 5) is 14.5. The van der Waals surface area contributed by atoms with Crippen LogP contribution in [0, 0.1) is 6.92 Å². The molecule has 1 aliphatic rings. The predicted molar refractivity (Wildman–Crippen MR) is 147 cm³/mol. The number of fused-ring (bicyclic) bond motifs is 5.